The highest BCUT2D eigenvalue weighted by atomic mass is 15.2. The van der Waals surface area contributed by atoms with Crippen LogP contribution in [0.1, 0.15) is 11.1 Å². The van der Waals surface area contributed by atoms with Gasteiger partial charge in [-0.1, -0.05) is 42.0 Å². The van der Waals surface area contributed by atoms with Gasteiger partial charge < -0.3 is 10.2 Å². The molecule has 2 aromatic rings. The zero-order valence-electron chi connectivity index (χ0n) is 10.7. The van der Waals surface area contributed by atoms with Gasteiger partial charge in [0.25, 0.3) is 0 Å². The van der Waals surface area contributed by atoms with Crippen molar-refractivity contribution in [2.24, 2.45) is 0 Å². The smallest absolute Gasteiger partial charge is 0.0605 e. The summed E-state index contributed by atoms with van der Waals surface area (Å²) in [5, 5.41) is 3.45. The maximum absolute atomic E-state index is 3.45. The van der Waals surface area contributed by atoms with Crippen molar-refractivity contribution in [2.75, 3.05) is 23.3 Å². The van der Waals surface area contributed by atoms with Gasteiger partial charge in [0.05, 0.1) is 11.4 Å². The van der Waals surface area contributed by atoms with E-state index >= 15 is 0 Å². The fourth-order valence-electron chi connectivity index (χ4n) is 2.42. The van der Waals surface area contributed by atoms with E-state index in [4.69, 9.17) is 0 Å². The van der Waals surface area contributed by atoms with Gasteiger partial charge in [0.2, 0.25) is 0 Å². The highest BCUT2D eigenvalue weighted by Gasteiger charge is 2.15. The Morgan fingerprint density at radius 3 is 2.67 bits per heavy atom. The number of para-hydroxylation sites is 2. The second-order valence-electron chi connectivity index (χ2n) is 4.85. The third-order valence-electron chi connectivity index (χ3n) is 3.44. The lowest BCUT2D eigenvalue weighted by Gasteiger charge is -2.32. The summed E-state index contributed by atoms with van der Waals surface area (Å²) in [6, 6.07) is 17.3. The number of nitrogens with one attached hydrogen (secondary N) is 1. The minimum Gasteiger partial charge on any atom is -0.382 e. The zero-order chi connectivity index (χ0) is 12.4. The number of hydrogen-bond acceptors (Lipinski definition) is 2. The van der Waals surface area contributed by atoms with Gasteiger partial charge in [-0.05, 0) is 24.6 Å². The van der Waals surface area contributed by atoms with Crippen molar-refractivity contribution < 1.29 is 0 Å². The lowest BCUT2D eigenvalue weighted by molar-refractivity contribution is 0.787. The van der Waals surface area contributed by atoms with E-state index in [0.717, 1.165) is 19.6 Å². The summed E-state index contributed by atoms with van der Waals surface area (Å²) in [6.45, 7) is 5.19. The lowest BCUT2D eigenvalue weighted by atomic mass is 10.1. The molecule has 2 heteroatoms. The molecule has 18 heavy (non-hydrogen) atoms. The summed E-state index contributed by atoms with van der Waals surface area (Å²) in [4.78, 5) is 2.44. The predicted molar refractivity (Wildman–Crippen MR) is 77.2 cm³/mol. The summed E-state index contributed by atoms with van der Waals surface area (Å²) in [7, 11) is 0. The van der Waals surface area contributed by atoms with Crippen LogP contribution in [0.2, 0.25) is 0 Å². The fourth-order valence-corrected chi connectivity index (χ4v) is 2.42. The standard InChI is InChI=1S/C16H18N2/c1-13-6-8-14(9-7-13)12-18-11-10-17-15-4-2-3-5-16(15)18/h2-9,17H,10-12H2,1H3. The highest BCUT2D eigenvalue weighted by molar-refractivity contribution is 5.71. The maximum atomic E-state index is 3.45. The summed E-state index contributed by atoms with van der Waals surface area (Å²) in [5.74, 6) is 0. The van der Waals surface area contributed by atoms with E-state index in [1.54, 1.807) is 0 Å². The summed E-state index contributed by atoms with van der Waals surface area (Å²) >= 11 is 0. The van der Waals surface area contributed by atoms with Crippen LogP contribution in [0, 0.1) is 6.92 Å². The van der Waals surface area contributed by atoms with E-state index in [1.165, 1.54) is 22.5 Å². The molecule has 0 unspecified atom stereocenters. The molecule has 0 spiro atoms. The monoisotopic (exact) mass is 238 g/mol. The molecule has 1 heterocycles. The molecule has 92 valence electrons. The Kier molecular flexibility index (Phi) is 2.93. The number of hydrogen-bond donors (Lipinski definition) is 1. The zero-order valence-corrected chi connectivity index (χ0v) is 10.7. The van der Waals surface area contributed by atoms with E-state index < -0.39 is 0 Å². The Morgan fingerprint density at radius 1 is 1.06 bits per heavy atom. The van der Waals surface area contributed by atoms with Crippen molar-refractivity contribution in [3.05, 3.63) is 59.7 Å². The molecule has 0 aliphatic carbocycles. The molecule has 0 aromatic heterocycles. The molecule has 0 saturated carbocycles. The largest absolute Gasteiger partial charge is 0.382 e. The molecule has 0 fully saturated rings. The number of rotatable bonds is 2. The first-order chi connectivity index (χ1) is 8.83. The van der Waals surface area contributed by atoms with Crippen molar-refractivity contribution in [3.8, 4) is 0 Å². The van der Waals surface area contributed by atoms with E-state index in [2.05, 4.69) is 65.7 Å². The molecule has 1 N–H and O–H groups in total. The topological polar surface area (TPSA) is 15.3 Å². The van der Waals surface area contributed by atoms with Gasteiger partial charge >= 0.3 is 0 Å². The molecular formula is C16H18N2. The number of aryl methyl sites for hydroxylation is 1. The van der Waals surface area contributed by atoms with Gasteiger partial charge in [-0.3, -0.25) is 0 Å². The van der Waals surface area contributed by atoms with Crippen LogP contribution >= 0.6 is 0 Å². The third-order valence-corrected chi connectivity index (χ3v) is 3.44. The van der Waals surface area contributed by atoms with Crippen LogP contribution in [0.4, 0.5) is 11.4 Å². The van der Waals surface area contributed by atoms with Crippen molar-refractivity contribution >= 4 is 11.4 Å². The van der Waals surface area contributed by atoms with Gasteiger partial charge in [-0.2, -0.15) is 0 Å². The second-order valence-corrected chi connectivity index (χ2v) is 4.85. The molecule has 0 atom stereocenters. The lowest BCUT2D eigenvalue weighted by Crippen LogP contribution is -2.33. The first-order valence-electron chi connectivity index (χ1n) is 6.46. The van der Waals surface area contributed by atoms with Gasteiger partial charge in [-0.25, -0.2) is 0 Å². The van der Waals surface area contributed by atoms with Crippen LogP contribution in [-0.4, -0.2) is 13.1 Å². The van der Waals surface area contributed by atoms with Crippen molar-refractivity contribution in [1.82, 2.24) is 0 Å². The van der Waals surface area contributed by atoms with Crippen LogP contribution in [0.15, 0.2) is 48.5 Å². The normalized spacial score (nSPS) is 13.9. The minimum atomic E-state index is 0.985. The fraction of sp³-hybridized carbons (Fsp3) is 0.250. The highest BCUT2D eigenvalue weighted by Crippen LogP contribution is 2.29. The Hall–Kier alpha value is -1.96. The van der Waals surface area contributed by atoms with Gasteiger partial charge in [0.15, 0.2) is 0 Å². The Balaban J connectivity index is 1.84. The van der Waals surface area contributed by atoms with Crippen molar-refractivity contribution in [3.63, 3.8) is 0 Å². The van der Waals surface area contributed by atoms with Gasteiger partial charge in [0.1, 0.15) is 0 Å². The SMILES string of the molecule is Cc1ccc(CN2CCNc3ccccc32)cc1. The van der Waals surface area contributed by atoms with E-state index in [9.17, 15) is 0 Å². The number of fused-ring (bicyclic) bond motifs is 1. The first-order valence-corrected chi connectivity index (χ1v) is 6.46. The molecule has 0 radical (unpaired) electrons. The van der Waals surface area contributed by atoms with E-state index in [1.807, 2.05) is 0 Å². The number of benzene rings is 2. The van der Waals surface area contributed by atoms with Crippen molar-refractivity contribution in [2.45, 2.75) is 13.5 Å². The Morgan fingerprint density at radius 2 is 1.83 bits per heavy atom. The molecular weight excluding hydrogens is 220 g/mol. The third kappa shape index (κ3) is 2.19. The number of nitrogens with zero attached hydrogens (tertiary/aromatic N) is 1. The van der Waals surface area contributed by atoms with Crippen LogP contribution in [0.25, 0.3) is 0 Å². The molecule has 2 nitrogen and oxygen atoms in total. The predicted octanol–water partition coefficient (Wildman–Crippen LogP) is 3.43. The minimum absolute atomic E-state index is 0.985. The van der Waals surface area contributed by atoms with Crippen LogP contribution < -0.4 is 10.2 Å². The quantitative estimate of drug-likeness (QED) is 0.862. The molecule has 0 amide bonds. The second kappa shape index (κ2) is 4.73. The van der Waals surface area contributed by atoms with Crippen LogP contribution in [0.3, 0.4) is 0 Å². The molecule has 1 aliphatic rings. The molecule has 3 rings (SSSR count). The van der Waals surface area contributed by atoms with Crippen LogP contribution in [0.5, 0.6) is 0 Å². The summed E-state index contributed by atoms with van der Waals surface area (Å²) in [5.41, 5.74) is 5.25. The maximum Gasteiger partial charge on any atom is 0.0605 e. The van der Waals surface area contributed by atoms with Gasteiger partial charge in [-0.15, -0.1) is 0 Å². The van der Waals surface area contributed by atoms with E-state index in [0.29, 0.717) is 0 Å². The molecule has 2 aromatic carbocycles. The summed E-state index contributed by atoms with van der Waals surface area (Å²) < 4.78 is 0. The Labute approximate surface area is 108 Å². The Bertz CT molecular complexity index is 531. The average molecular weight is 238 g/mol. The molecule has 0 bridgehead atoms. The first kappa shape index (κ1) is 11.1. The van der Waals surface area contributed by atoms with Crippen molar-refractivity contribution in [1.29, 1.82) is 0 Å². The summed E-state index contributed by atoms with van der Waals surface area (Å²) in [6.07, 6.45) is 0. The number of anilines is 2. The van der Waals surface area contributed by atoms with Crippen LogP contribution in [-0.2, 0) is 6.54 Å². The van der Waals surface area contributed by atoms with E-state index in [-0.39, 0.29) is 0 Å². The molecule has 0 saturated heterocycles. The average Bonchev–Trinajstić information content (AvgIpc) is 2.42. The van der Waals surface area contributed by atoms with Gasteiger partial charge in [0, 0.05) is 19.6 Å². The molecule has 1 aliphatic heterocycles.